The lowest BCUT2D eigenvalue weighted by Gasteiger charge is -2.11. The number of hydrogen-bond donors (Lipinski definition) is 1. The minimum absolute atomic E-state index is 0.652. The van der Waals surface area contributed by atoms with Gasteiger partial charge in [-0.2, -0.15) is 0 Å². The van der Waals surface area contributed by atoms with E-state index in [9.17, 15) is 0 Å². The lowest BCUT2D eigenvalue weighted by molar-refractivity contribution is 0.558. The van der Waals surface area contributed by atoms with E-state index in [1.54, 1.807) is 0 Å². The van der Waals surface area contributed by atoms with Gasteiger partial charge in [0.1, 0.15) is 0 Å². The van der Waals surface area contributed by atoms with E-state index in [1.165, 1.54) is 38.5 Å². The Balaban J connectivity index is 2.31. The van der Waals surface area contributed by atoms with Crippen LogP contribution < -0.4 is 5.32 Å². The van der Waals surface area contributed by atoms with Gasteiger partial charge in [-0.05, 0) is 19.3 Å². The molecule has 0 aliphatic rings. The van der Waals surface area contributed by atoms with E-state index in [4.69, 9.17) is 0 Å². The minimum Gasteiger partial charge on any atom is -0.355 e. The van der Waals surface area contributed by atoms with Gasteiger partial charge in [-0.25, -0.2) is 4.98 Å². The van der Waals surface area contributed by atoms with Gasteiger partial charge in [-0.3, -0.25) is 0 Å². The van der Waals surface area contributed by atoms with Gasteiger partial charge in [0.15, 0.2) is 0 Å². The van der Waals surface area contributed by atoms with Crippen LogP contribution in [-0.2, 0) is 6.54 Å². The monoisotopic (exact) mass is 265 g/mol. The van der Waals surface area contributed by atoms with Crippen LogP contribution in [0.3, 0.4) is 0 Å². The van der Waals surface area contributed by atoms with Crippen molar-refractivity contribution < 1.29 is 0 Å². The average Bonchev–Trinajstić information content (AvgIpc) is 2.71. The highest BCUT2D eigenvalue weighted by atomic mass is 15.2. The fourth-order valence-electron chi connectivity index (χ4n) is 2.22. The predicted octanol–water partition coefficient (Wildman–Crippen LogP) is 4.62. The van der Waals surface area contributed by atoms with E-state index in [2.05, 4.69) is 48.8 Å². The molecule has 3 heteroatoms. The van der Waals surface area contributed by atoms with E-state index >= 15 is 0 Å². The third-order valence-electron chi connectivity index (χ3n) is 3.32. The third kappa shape index (κ3) is 6.65. The number of nitrogens with one attached hydrogen (secondary N) is 1. The van der Waals surface area contributed by atoms with Crippen molar-refractivity contribution in [2.45, 2.75) is 72.8 Å². The number of rotatable bonds is 10. The second-order valence-electron chi connectivity index (χ2n) is 5.94. The zero-order valence-corrected chi connectivity index (χ0v) is 13.2. The zero-order valence-electron chi connectivity index (χ0n) is 13.2. The Morgan fingerprint density at radius 3 is 2.53 bits per heavy atom. The summed E-state index contributed by atoms with van der Waals surface area (Å²) in [7, 11) is 0. The molecule has 19 heavy (non-hydrogen) atoms. The number of unbranched alkanes of at least 4 members (excludes halogenated alkanes) is 5. The summed E-state index contributed by atoms with van der Waals surface area (Å²) >= 11 is 0. The Hall–Kier alpha value is -0.990. The molecule has 0 aromatic carbocycles. The molecule has 0 spiro atoms. The van der Waals surface area contributed by atoms with Gasteiger partial charge in [-0.15, -0.1) is 0 Å². The average molecular weight is 265 g/mol. The van der Waals surface area contributed by atoms with Crippen molar-refractivity contribution in [1.82, 2.24) is 9.55 Å². The number of aromatic nitrogens is 2. The summed E-state index contributed by atoms with van der Waals surface area (Å²) < 4.78 is 2.28. The van der Waals surface area contributed by atoms with Gasteiger partial charge in [0, 0.05) is 19.3 Å². The van der Waals surface area contributed by atoms with Crippen molar-refractivity contribution in [3.05, 3.63) is 11.9 Å². The highest BCUT2D eigenvalue weighted by Gasteiger charge is 2.05. The maximum Gasteiger partial charge on any atom is 0.203 e. The van der Waals surface area contributed by atoms with Crippen molar-refractivity contribution in [2.24, 2.45) is 5.92 Å². The molecule has 1 aromatic heterocycles. The minimum atomic E-state index is 0.652. The number of aryl methyl sites for hydroxylation is 2. The molecule has 1 heterocycles. The van der Waals surface area contributed by atoms with Crippen molar-refractivity contribution >= 4 is 5.95 Å². The van der Waals surface area contributed by atoms with Crippen LogP contribution >= 0.6 is 0 Å². The summed E-state index contributed by atoms with van der Waals surface area (Å²) in [6.07, 6.45) is 10.2. The number of nitrogens with zero attached hydrogens (tertiary/aromatic N) is 2. The second kappa shape index (κ2) is 9.00. The molecule has 1 rings (SSSR count). The van der Waals surface area contributed by atoms with Crippen LogP contribution in [-0.4, -0.2) is 16.1 Å². The lowest BCUT2D eigenvalue weighted by Crippen LogP contribution is -2.12. The van der Waals surface area contributed by atoms with Crippen LogP contribution in [0.1, 0.15) is 65.0 Å². The van der Waals surface area contributed by atoms with E-state index in [-0.39, 0.29) is 0 Å². The van der Waals surface area contributed by atoms with Gasteiger partial charge >= 0.3 is 0 Å². The first-order valence-electron chi connectivity index (χ1n) is 7.91. The van der Waals surface area contributed by atoms with E-state index in [1.807, 2.05) is 0 Å². The van der Waals surface area contributed by atoms with Crippen molar-refractivity contribution in [3.8, 4) is 0 Å². The molecule has 0 saturated carbocycles. The second-order valence-corrected chi connectivity index (χ2v) is 5.94. The first-order chi connectivity index (χ1) is 9.13. The smallest absolute Gasteiger partial charge is 0.203 e. The van der Waals surface area contributed by atoms with Gasteiger partial charge in [0.2, 0.25) is 5.95 Å². The number of imidazole rings is 1. The van der Waals surface area contributed by atoms with Crippen LogP contribution in [0.5, 0.6) is 0 Å². The Kier molecular flexibility index (Phi) is 7.61. The highest BCUT2D eigenvalue weighted by molar-refractivity contribution is 5.28. The Morgan fingerprint density at radius 1 is 1.16 bits per heavy atom. The molecule has 1 N–H and O–H groups in total. The summed E-state index contributed by atoms with van der Waals surface area (Å²) in [6, 6.07) is 0. The van der Waals surface area contributed by atoms with E-state index in [0.717, 1.165) is 24.7 Å². The standard InChI is InChI=1S/C16H31N3/c1-5-6-7-8-9-10-11-19-13-15(4)18-16(19)17-12-14(2)3/h13-14H,5-12H2,1-4H3,(H,17,18). The van der Waals surface area contributed by atoms with Crippen LogP contribution in [0.25, 0.3) is 0 Å². The Morgan fingerprint density at radius 2 is 1.84 bits per heavy atom. The number of anilines is 1. The van der Waals surface area contributed by atoms with Gasteiger partial charge in [0.25, 0.3) is 0 Å². The first kappa shape index (κ1) is 16.1. The molecule has 0 aliphatic carbocycles. The van der Waals surface area contributed by atoms with Gasteiger partial charge < -0.3 is 9.88 Å². The van der Waals surface area contributed by atoms with Gasteiger partial charge in [-0.1, -0.05) is 52.9 Å². The van der Waals surface area contributed by atoms with Crippen LogP contribution in [0.15, 0.2) is 6.20 Å². The lowest BCUT2D eigenvalue weighted by atomic mass is 10.1. The Labute approximate surface area is 118 Å². The predicted molar refractivity (Wildman–Crippen MR) is 83.7 cm³/mol. The highest BCUT2D eigenvalue weighted by Crippen LogP contribution is 2.12. The van der Waals surface area contributed by atoms with Crippen molar-refractivity contribution in [2.75, 3.05) is 11.9 Å². The van der Waals surface area contributed by atoms with Crippen LogP contribution in [0, 0.1) is 12.8 Å². The maximum absolute atomic E-state index is 4.56. The summed E-state index contributed by atoms with van der Waals surface area (Å²) in [5, 5.41) is 3.45. The molecule has 3 nitrogen and oxygen atoms in total. The molecular weight excluding hydrogens is 234 g/mol. The molecule has 1 aromatic rings. The fraction of sp³-hybridized carbons (Fsp3) is 0.812. The summed E-state index contributed by atoms with van der Waals surface area (Å²) in [4.78, 5) is 4.56. The molecular formula is C16H31N3. The summed E-state index contributed by atoms with van der Waals surface area (Å²) in [5.74, 6) is 1.69. The number of hydrogen-bond acceptors (Lipinski definition) is 2. The molecule has 110 valence electrons. The van der Waals surface area contributed by atoms with E-state index < -0.39 is 0 Å². The largest absolute Gasteiger partial charge is 0.355 e. The molecule has 0 aliphatic heterocycles. The van der Waals surface area contributed by atoms with Crippen LogP contribution in [0.2, 0.25) is 0 Å². The van der Waals surface area contributed by atoms with Crippen LogP contribution in [0.4, 0.5) is 5.95 Å². The first-order valence-corrected chi connectivity index (χ1v) is 7.91. The molecule has 0 saturated heterocycles. The molecule has 0 fully saturated rings. The molecule has 0 radical (unpaired) electrons. The molecule has 0 unspecified atom stereocenters. The zero-order chi connectivity index (χ0) is 14.1. The maximum atomic E-state index is 4.56. The van der Waals surface area contributed by atoms with Crippen molar-refractivity contribution in [1.29, 1.82) is 0 Å². The quantitative estimate of drug-likeness (QED) is 0.626. The molecule has 0 bridgehead atoms. The summed E-state index contributed by atoms with van der Waals surface area (Å²) in [6.45, 7) is 10.9. The van der Waals surface area contributed by atoms with Gasteiger partial charge in [0.05, 0.1) is 5.69 Å². The van der Waals surface area contributed by atoms with E-state index in [0.29, 0.717) is 5.92 Å². The SMILES string of the molecule is CCCCCCCCn1cc(C)nc1NCC(C)C. The molecule has 0 atom stereocenters. The summed E-state index contributed by atoms with van der Waals surface area (Å²) in [5.41, 5.74) is 1.11. The topological polar surface area (TPSA) is 29.9 Å². The molecule has 0 amide bonds. The Bertz CT molecular complexity index is 342. The van der Waals surface area contributed by atoms with Crippen molar-refractivity contribution in [3.63, 3.8) is 0 Å². The normalized spacial score (nSPS) is 11.2. The fourth-order valence-corrected chi connectivity index (χ4v) is 2.22. The third-order valence-corrected chi connectivity index (χ3v) is 3.32.